The highest BCUT2D eigenvalue weighted by atomic mass is 16.5. The SMILES string of the molecule is COC(=O)[C@H](C(C)C)N(C)C(C)=O. The summed E-state index contributed by atoms with van der Waals surface area (Å²) in [6.45, 7) is 5.18. The summed E-state index contributed by atoms with van der Waals surface area (Å²) in [6, 6.07) is -0.484. The molecule has 0 N–H and O–H groups in total. The van der Waals surface area contributed by atoms with Crippen molar-refractivity contribution in [1.29, 1.82) is 0 Å². The first-order valence-electron chi connectivity index (χ1n) is 4.23. The Balaban J connectivity index is 4.60. The Hall–Kier alpha value is -1.06. The van der Waals surface area contributed by atoms with Gasteiger partial charge in [-0.15, -0.1) is 0 Å². The number of methoxy groups -OCH3 is 1. The van der Waals surface area contributed by atoms with E-state index in [-0.39, 0.29) is 17.8 Å². The Kier molecular flexibility index (Phi) is 4.45. The van der Waals surface area contributed by atoms with Crippen molar-refractivity contribution in [3.05, 3.63) is 0 Å². The first kappa shape index (κ1) is 11.9. The van der Waals surface area contributed by atoms with Crippen LogP contribution < -0.4 is 0 Å². The van der Waals surface area contributed by atoms with E-state index in [1.807, 2.05) is 13.8 Å². The number of hydrogen-bond acceptors (Lipinski definition) is 3. The van der Waals surface area contributed by atoms with Crippen molar-refractivity contribution in [1.82, 2.24) is 4.90 Å². The molecule has 0 rings (SSSR count). The normalized spacial score (nSPS) is 12.5. The van der Waals surface area contributed by atoms with Gasteiger partial charge in [-0.3, -0.25) is 4.79 Å². The number of rotatable bonds is 3. The quantitative estimate of drug-likeness (QED) is 0.610. The van der Waals surface area contributed by atoms with Crippen LogP contribution in [0.1, 0.15) is 20.8 Å². The van der Waals surface area contributed by atoms with Gasteiger partial charge in [0.15, 0.2) is 0 Å². The zero-order valence-corrected chi connectivity index (χ0v) is 8.83. The maximum absolute atomic E-state index is 11.3. The maximum atomic E-state index is 11.3. The van der Waals surface area contributed by atoms with E-state index in [4.69, 9.17) is 0 Å². The number of hydrogen-bond donors (Lipinski definition) is 0. The molecule has 0 aromatic heterocycles. The van der Waals surface area contributed by atoms with E-state index in [1.165, 1.54) is 18.9 Å². The van der Waals surface area contributed by atoms with Crippen molar-refractivity contribution in [2.75, 3.05) is 14.2 Å². The van der Waals surface area contributed by atoms with Gasteiger partial charge in [0.1, 0.15) is 6.04 Å². The fourth-order valence-electron chi connectivity index (χ4n) is 1.19. The first-order valence-corrected chi connectivity index (χ1v) is 4.23. The van der Waals surface area contributed by atoms with Gasteiger partial charge in [-0.1, -0.05) is 13.8 Å². The van der Waals surface area contributed by atoms with Gasteiger partial charge in [0.2, 0.25) is 5.91 Å². The fourth-order valence-corrected chi connectivity index (χ4v) is 1.19. The van der Waals surface area contributed by atoms with Gasteiger partial charge in [-0.2, -0.15) is 0 Å². The molecule has 0 aliphatic heterocycles. The summed E-state index contributed by atoms with van der Waals surface area (Å²) in [4.78, 5) is 23.7. The van der Waals surface area contributed by atoms with Gasteiger partial charge < -0.3 is 9.64 Å². The molecule has 0 spiro atoms. The minimum absolute atomic E-state index is 0.0568. The second kappa shape index (κ2) is 4.84. The minimum Gasteiger partial charge on any atom is -0.467 e. The van der Waals surface area contributed by atoms with Crippen LogP contribution in [-0.2, 0) is 14.3 Å². The van der Waals surface area contributed by atoms with Crippen LogP contribution in [0.25, 0.3) is 0 Å². The molecule has 4 nitrogen and oxygen atoms in total. The smallest absolute Gasteiger partial charge is 0.328 e. The molecular formula is C9H17NO3. The van der Waals surface area contributed by atoms with Crippen molar-refractivity contribution < 1.29 is 14.3 Å². The van der Waals surface area contributed by atoms with Crippen molar-refractivity contribution in [2.45, 2.75) is 26.8 Å². The second-order valence-corrected chi connectivity index (χ2v) is 3.34. The highest BCUT2D eigenvalue weighted by Crippen LogP contribution is 2.10. The van der Waals surface area contributed by atoms with Crippen LogP contribution in [0.5, 0.6) is 0 Å². The molecule has 1 atom stereocenters. The van der Waals surface area contributed by atoms with Crippen LogP contribution in [0.4, 0.5) is 0 Å². The number of nitrogens with zero attached hydrogens (tertiary/aromatic N) is 1. The van der Waals surface area contributed by atoms with Crippen molar-refractivity contribution in [3.8, 4) is 0 Å². The van der Waals surface area contributed by atoms with Crippen molar-refractivity contribution >= 4 is 11.9 Å². The summed E-state index contributed by atoms with van der Waals surface area (Å²) in [5.41, 5.74) is 0. The lowest BCUT2D eigenvalue weighted by atomic mass is 10.0. The number of ether oxygens (including phenoxy) is 1. The van der Waals surface area contributed by atoms with Crippen molar-refractivity contribution in [2.24, 2.45) is 5.92 Å². The van der Waals surface area contributed by atoms with E-state index in [1.54, 1.807) is 7.05 Å². The predicted octanol–water partition coefficient (Wildman–Crippen LogP) is 0.662. The Morgan fingerprint density at radius 2 is 1.77 bits per heavy atom. The molecule has 0 radical (unpaired) electrons. The molecule has 76 valence electrons. The van der Waals surface area contributed by atoms with Gasteiger partial charge in [0.25, 0.3) is 0 Å². The molecule has 0 fully saturated rings. The summed E-state index contributed by atoms with van der Waals surface area (Å²) in [5, 5.41) is 0. The van der Waals surface area contributed by atoms with E-state index >= 15 is 0 Å². The number of likely N-dealkylation sites (N-methyl/N-ethyl adjacent to an activating group) is 1. The molecule has 13 heavy (non-hydrogen) atoms. The van der Waals surface area contributed by atoms with E-state index in [0.717, 1.165) is 0 Å². The number of carbonyl (C=O) groups is 2. The topological polar surface area (TPSA) is 46.6 Å². The van der Waals surface area contributed by atoms with E-state index in [0.29, 0.717) is 0 Å². The number of esters is 1. The lowest BCUT2D eigenvalue weighted by molar-refractivity contribution is -0.153. The van der Waals surface area contributed by atoms with Crippen molar-refractivity contribution in [3.63, 3.8) is 0 Å². The maximum Gasteiger partial charge on any atom is 0.328 e. The van der Waals surface area contributed by atoms with Crippen LogP contribution >= 0.6 is 0 Å². The second-order valence-electron chi connectivity index (χ2n) is 3.34. The molecule has 0 heterocycles. The lowest BCUT2D eigenvalue weighted by Gasteiger charge is -2.27. The zero-order chi connectivity index (χ0) is 10.6. The van der Waals surface area contributed by atoms with E-state index in [2.05, 4.69) is 4.74 Å². The van der Waals surface area contributed by atoms with Crippen LogP contribution in [0.15, 0.2) is 0 Å². The molecule has 0 bridgehead atoms. The summed E-state index contributed by atoms with van der Waals surface area (Å²) >= 11 is 0. The Bertz CT molecular complexity index is 201. The molecular weight excluding hydrogens is 170 g/mol. The van der Waals surface area contributed by atoms with Crippen LogP contribution in [0, 0.1) is 5.92 Å². The molecule has 4 heteroatoms. The molecule has 0 saturated carbocycles. The molecule has 0 aromatic rings. The van der Waals surface area contributed by atoms with Gasteiger partial charge in [0, 0.05) is 14.0 Å². The molecule has 1 amide bonds. The largest absolute Gasteiger partial charge is 0.467 e. The minimum atomic E-state index is -0.484. The highest BCUT2D eigenvalue weighted by Gasteiger charge is 2.28. The summed E-state index contributed by atoms with van der Waals surface area (Å²) in [5.74, 6) is -0.446. The van der Waals surface area contributed by atoms with Crippen LogP contribution in [0.2, 0.25) is 0 Å². The average molecular weight is 187 g/mol. The fraction of sp³-hybridized carbons (Fsp3) is 0.778. The monoisotopic (exact) mass is 187 g/mol. The Morgan fingerprint density at radius 3 is 2.00 bits per heavy atom. The Labute approximate surface area is 78.9 Å². The van der Waals surface area contributed by atoms with Crippen LogP contribution in [0.3, 0.4) is 0 Å². The lowest BCUT2D eigenvalue weighted by Crippen LogP contribution is -2.45. The summed E-state index contributed by atoms with van der Waals surface area (Å²) in [7, 11) is 2.93. The molecule has 0 aromatic carbocycles. The van der Waals surface area contributed by atoms with E-state index < -0.39 is 6.04 Å². The molecule has 0 aliphatic rings. The van der Waals surface area contributed by atoms with E-state index in [9.17, 15) is 9.59 Å². The molecule has 0 aliphatic carbocycles. The molecule has 0 unspecified atom stereocenters. The van der Waals surface area contributed by atoms with Gasteiger partial charge >= 0.3 is 5.97 Å². The van der Waals surface area contributed by atoms with Gasteiger partial charge in [0.05, 0.1) is 7.11 Å². The third-order valence-electron chi connectivity index (χ3n) is 1.99. The number of carbonyl (C=O) groups excluding carboxylic acids is 2. The third kappa shape index (κ3) is 3.05. The average Bonchev–Trinajstić information content (AvgIpc) is 2.03. The highest BCUT2D eigenvalue weighted by molar-refractivity contribution is 5.83. The summed E-state index contributed by atoms with van der Waals surface area (Å²) < 4.78 is 4.61. The number of amides is 1. The first-order chi connectivity index (χ1) is 5.91. The Morgan fingerprint density at radius 1 is 1.31 bits per heavy atom. The van der Waals surface area contributed by atoms with Gasteiger partial charge in [-0.25, -0.2) is 4.79 Å². The standard InChI is InChI=1S/C9H17NO3/c1-6(2)8(9(12)13-5)10(4)7(3)11/h6,8H,1-5H3/t8-/m0/s1. The summed E-state index contributed by atoms with van der Waals surface area (Å²) in [6.07, 6.45) is 0. The zero-order valence-electron chi connectivity index (χ0n) is 8.83. The predicted molar refractivity (Wildman–Crippen MR) is 49.1 cm³/mol. The van der Waals surface area contributed by atoms with Crippen LogP contribution in [-0.4, -0.2) is 37.0 Å². The third-order valence-corrected chi connectivity index (χ3v) is 1.99. The van der Waals surface area contributed by atoms with Gasteiger partial charge in [-0.05, 0) is 5.92 Å². The molecule has 0 saturated heterocycles.